The smallest absolute Gasteiger partial charge is 0.231 e. The molecule has 2 rings (SSSR count). The maximum absolute atomic E-state index is 12.1. The molecule has 2 N–H and O–H groups in total. The fraction of sp³-hybridized carbons (Fsp3) is 0.455. The molecular weight excluding hydrogens is 213 g/mol. The maximum atomic E-state index is 12.1. The van der Waals surface area contributed by atoms with E-state index < -0.39 is 6.67 Å². The molecule has 0 saturated heterocycles. The van der Waals surface area contributed by atoms with Crippen LogP contribution in [0.1, 0.15) is 5.56 Å². The average Bonchev–Trinajstić information content (AvgIpc) is 2.73. The molecule has 0 spiro atoms. The predicted octanol–water partition coefficient (Wildman–Crippen LogP) is 1.26. The molecule has 0 aliphatic carbocycles. The molecule has 0 radical (unpaired) electrons. The molecule has 1 aliphatic heterocycles. The summed E-state index contributed by atoms with van der Waals surface area (Å²) in [7, 11) is 0. The standard InChI is InChI=1S/C11H14FNO3/c12-2-4-14-9-6-11-10(15-7-16-11)5-8(9)1-3-13/h5-6H,1-4,7,13H2. The molecule has 5 heteroatoms. The summed E-state index contributed by atoms with van der Waals surface area (Å²) in [6.07, 6.45) is 0.665. The van der Waals surface area contributed by atoms with Crippen molar-refractivity contribution in [2.45, 2.75) is 6.42 Å². The van der Waals surface area contributed by atoms with Gasteiger partial charge >= 0.3 is 0 Å². The van der Waals surface area contributed by atoms with E-state index in [9.17, 15) is 4.39 Å². The summed E-state index contributed by atoms with van der Waals surface area (Å²) >= 11 is 0. The zero-order valence-electron chi connectivity index (χ0n) is 8.87. The lowest BCUT2D eigenvalue weighted by molar-refractivity contribution is 0.173. The molecule has 16 heavy (non-hydrogen) atoms. The van der Waals surface area contributed by atoms with Crippen molar-refractivity contribution in [1.82, 2.24) is 0 Å². The minimum absolute atomic E-state index is 0.0389. The van der Waals surface area contributed by atoms with Crippen molar-refractivity contribution in [2.75, 3.05) is 26.6 Å². The third kappa shape index (κ3) is 2.19. The molecule has 0 unspecified atom stereocenters. The number of hydrogen-bond acceptors (Lipinski definition) is 4. The summed E-state index contributed by atoms with van der Waals surface area (Å²) in [6.45, 7) is 0.239. The zero-order valence-corrected chi connectivity index (χ0v) is 8.87. The van der Waals surface area contributed by atoms with Crippen LogP contribution in [0.25, 0.3) is 0 Å². The molecule has 0 amide bonds. The van der Waals surface area contributed by atoms with Crippen molar-refractivity contribution in [3.05, 3.63) is 17.7 Å². The van der Waals surface area contributed by atoms with Gasteiger partial charge in [-0.2, -0.15) is 0 Å². The van der Waals surface area contributed by atoms with Crippen LogP contribution in [0.5, 0.6) is 17.2 Å². The summed E-state index contributed by atoms with van der Waals surface area (Å²) in [5, 5.41) is 0. The number of hydrogen-bond donors (Lipinski definition) is 1. The monoisotopic (exact) mass is 227 g/mol. The molecule has 0 saturated carbocycles. The van der Waals surface area contributed by atoms with Crippen LogP contribution in [0, 0.1) is 0 Å². The number of rotatable bonds is 5. The summed E-state index contributed by atoms with van der Waals surface area (Å²) < 4.78 is 27.8. The molecule has 1 aliphatic rings. The fourth-order valence-corrected chi connectivity index (χ4v) is 1.60. The van der Waals surface area contributed by atoms with E-state index in [0.29, 0.717) is 30.2 Å². The topological polar surface area (TPSA) is 53.7 Å². The average molecular weight is 227 g/mol. The fourth-order valence-electron chi connectivity index (χ4n) is 1.60. The molecular formula is C11H14FNO3. The van der Waals surface area contributed by atoms with Crippen molar-refractivity contribution in [2.24, 2.45) is 5.73 Å². The predicted molar refractivity (Wildman–Crippen MR) is 56.8 cm³/mol. The lowest BCUT2D eigenvalue weighted by Gasteiger charge is -2.10. The second-order valence-electron chi connectivity index (χ2n) is 3.39. The molecule has 0 fully saturated rings. The van der Waals surface area contributed by atoms with Crippen LogP contribution in [-0.2, 0) is 6.42 Å². The van der Waals surface area contributed by atoms with Gasteiger partial charge in [-0.05, 0) is 24.6 Å². The van der Waals surface area contributed by atoms with Gasteiger partial charge in [-0.15, -0.1) is 0 Å². The van der Waals surface area contributed by atoms with E-state index >= 15 is 0 Å². The molecule has 0 aromatic heterocycles. The normalized spacial score (nSPS) is 12.9. The molecule has 1 aromatic carbocycles. The lowest BCUT2D eigenvalue weighted by atomic mass is 10.1. The van der Waals surface area contributed by atoms with E-state index in [1.54, 1.807) is 6.07 Å². The lowest BCUT2D eigenvalue weighted by Crippen LogP contribution is -2.06. The first-order chi connectivity index (χ1) is 7.85. The quantitative estimate of drug-likeness (QED) is 0.822. The number of halogens is 1. The Morgan fingerprint density at radius 3 is 2.75 bits per heavy atom. The second-order valence-corrected chi connectivity index (χ2v) is 3.39. The Balaban J connectivity index is 2.25. The molecule has 1 aromatic rings. The van der Waals surface area contributed by atoms with Crippen LogP contribution in [0.15, 0.2) is 12.1 Å². The van der Waals surface area contributed by atoms with E-state index in [-0.39, 0.29) is 13.4 Å². The van der Waals surface area contributed by atoms with Crippen LogP contribution < -0.4 is 19.9 Å². The Hall–Kier alpha value is -1.49. The number of ether oxygens (including phenoxy) is 3. The first-order valence-electron chi connectivity index (χ1n) is 5.16. The van der Waals surface area contributed by atoms with Gasteiger partial charge in [-0.25, -0.2) is 4.39 Å². The van der Waals surface area contributed by atoms with Gasteiger partial charge in [0.15, 0.2) is 11.5 Å². The summed E-state index contributed by atoms with van der Waals surface area (Å²) in [6, 6.07) is 3.56. The third-order valence-electron chi connectivity index (χ3n) is 2.30. The van der Waals surface area contributed by atoms with Gasteiger partial charge in [0.1, 0.15) is 19.0 Å². The Kier molecular flexibility index (Phi) is 3.46. The first-order valence-corrected chi connectivity index (χ1v) is 5.16. The van der Waals surface area contributed by atoms with Crippen LogP contribution >= 0.6 is 0 Å². The van der Waals surface area contributed by atoms with E-state index in [1.165, 1.54) is 0 Å². The number of nitrogens with two attached hydrogens (primary N) is 1. The van der Waals surface area contributed by atoms with E-state index in [0.717, 1.165) is 5.56 Å². The van der Waals surface area contributed by atoms with Gasteiger partial charge in [0.05, 0.1) is 0 Å². The Bertz CT molecular complexity index is 370. The molecule has 4 nitrogen and oxygen atoms in total. The summed E-state index contributed by atoms with van der Waals surface area (Å²) in [5.74, 6) is 1.94. The van der Waals surface area contributed by atoms with Gasteiger partial charge < -0.3 is 19.9 Å². The SMILES string of the molecule is NCCc1cc2c(cc1OCCF)OCO2. The Morgan fingerprint density at radius 1 is 1.31 bits per heavy atom. The van der Waals surface area contributed by atoms with Crippen molar-refractivity contribution < 1.29 is 18.6 Å². The highest BCUT2D eigenvalue weighted by Gasteiger charge is 2.17. The van der Waals surface area contributed by atoms with Gasteiger partial charge in [0.2, 0.25) is 6.79 Å². The molecule has 88 valence electrons. The van der Waals surface area contributed by atoms with Gasteiger partial charge in [0.25, 0.3) is 0 Å². The van der Waals surface area contributed by atoms with Gasteiger partial charge in [0, 0.05) is 6.07 Å². The first kappa shape index (κ1) is 11.0. The van der Waals surface area contributed by atoms with E-state index in [1.807, 2.05) is 6.07 Å². The highest BCUT2D eigenvalue weighted by atomic mass is 19.1. The Labute approximate surface area is 93.1 Å². The van der Waals surface area contributed by atoms with Crippen molar-refractivity contribution >= 4 is 0 Å². The van der Waals surface area contributed by atoms with E-state index in [2.05, 4.69) is 0 Å². The molecule has 0 atom stereocenters. The highest BCUT2D eigenvalue weighted by Crippen LogP contribution is 2.38. The van der Waals surface area contributed by atoms with Crippen molar-refractivity contribution in [3.8, 4) is 17.2 Å². The van der Waals surface area contributed by atoms with Crippen molar-refractivity contribution in [3.63, 3.8) is 0 Å². The highest BCUT2D eigenvalue weighted by molar-refractivity contribution is 5.51. The largest absolute Gasteiger partial charge is 0.490 e. The zero-order chi connectivity index (χ0) is 11.4. The van der Waals surface area contributed by atoms with Crippen molar-refractivity contribution in [1.29, 1.82) is 0 Å². The van der Waals surface area contributed by atoms with Crippen LogP contribution in [0.2, 0.25) is 0 Å². The Morgan fingerprint density at radius 2 is 2.06 bits per heavy atom. The number of fused-ring (bicyclic) bond motifs is 1. The number of alkyl halides is 1. The van der Waals surface area contributed by atoms with Crippen LogP contribution in [0.4, 0.5) is 4.39 Å². The maximum Gasteiger partial charge on any atom is 0.231 e. The molecule has 1 heterocycles. The molecule has 0 bridgehead atoms. The van der Waals surface area contributed by atoms with E-state index in [4.69, 9.17) is 19.9 Å². The minimum Gasteiger partial charge on any atom is -0.490 e. The van der Waals surface area contributed by atoms with Crippen LogP contribution in [0.3, 0.4) is 0 Å². The van der Waals surface area contributed by atoms with Gasteiger partial charge in [-0.3, -0.25) is 0 Å². The summed E-state index contributed by atoms with van der Waals surface area (Å²) in [5.41, 5.74) is 6.42. The van der Waals surface area contributed by atoms with Crippen LogP contribution in [-0.4, -0.2) is 26.6 Å². The third-order valence-corrected chi connectivity index (χ3v) is 2.30. The second kappa shape index (κ2) is 5.03. The summed E-state index contributed by atoms with van der Waals surface area (Å²) in [4.78, 5) is 0. The minimum atomic E-state index is -0.517. The van der Waals surface area contributed by atoms with Gasteiger partial charge in [-0.1, -0.05) is 0 Å². The number of benzene rings is 1.